The molecule has 2 amide bonds. The molecule has 0 aliphatic carbocycles. The Morgan fingerprint density at radius 2 is 1.66 bits per heavy atom. The summed E-state index contributed by atoms with van der Waals surface area (Å²) in [6.45, 7) is 8.11. The molecule has 0 heterocycles. The SMILES string of the molecule is CC[C@H](C(=O)NC(C)(C)C)N(Cc1ccc(OC)cc1)C(=O)CSCc1ccc(Cl)cc1. The summed E-state index contributed by atoms with van der Waals surface area (Å²) >= 11 is 7.48. The van der Waals surface area contributed by atoms with E-state index in [4.69, 9.17) is 16.3 Å². The summed E-state index contributed by atoms with van der Waals surface area (Å²) in [6.07, 6.45) is 0.533. The van der Waals surface area contributed by atoms with Gasteiger partial charge >= 0.3 is 0 Å². The van der Waals surface area contributed by atoms with E-state index >= 15 is 0 Å². The molecule has 2 aromatic carbocycles. The highest BCUT2D eigenvalue weighted by Gasteiger charge is 2.30. The Labute approximate surface area is 200 Å². The quantitative estimate of drug-likeness (QED) is 0.505. The second-order valence-electron chi connectivity index (χ2n) is 8.65. The van der Waals surface area contributed by atoms with E-state index < -0.39 is 6.04 Å². The van der Waals surface area contributed by atoms with Crippen LogP contribution in [0.2, 0.25) is 5.02 Å². The second-order valence-corrected chi connectivity index (χ2v) is 10.1. The maximum absolute atomic E-state index is 13.3. The van der Waals surface area contributed by atoms with Gasteiger partial charge in [0, 0.05) is 22.9 Å². The van der Waals surface area contributed by atoms with Crippen molar-refractivity contribution in [2.45, 2.75) is 58.0 Å². The van der Waals surface area contributed by atoms with E-state index in [2.05, 4.69) is 5.32 Å². The molecule has 2 rings (SSSR count). The van der Waals surface area contributed by atoms with Gasteiger partial charge in [0.2, 0.25) is 11.8 Å². The van der Waals surface area contributed by atoms with Crippen molar-refractivity contribution in [3.8, 4) is 5.75 Å². The van der Waals surface area contributed by atoms with Gasteiger partial charge in [0.15, 0.2) is 0 Å². The number of methoxy groups -OCH3 is 1. The van der Waals surface area contributed by atoms with Crippen molar-refractivity contribution in [1.82, 2.24) is 10.2 Å². The first-order valence-electron chi connectivity index (χ1n) is 10.7. The summed E-state index contributed by atoms with van der Waals surface area (Å²) in [5.41, 5.74) is 1.68. The van der Waals surface area contributed by atoms with E-state index in [1.807, 2.05) is 76.2 Å². The fraction of sp³-hybridized carbons (Fsp3) is 0.440. The number of amides is 2. The van der Waals surface area contributed by atoms with Crippen molar-refractivity contribution in [1.29, 1.82) is 0 Å². The number of hydrogen-bond acceptors (Lipinski definition) is 4. The molecule has 0 fully saturated rings. The van der Waals surface area contributed by atoms with Crippen LogP contribution in [0.3, 0.4) is 0 Å². The van der Waals surface area contributed by atoms with Crippen LogP contribution in [0.5, 0.6) is 5.75 Å². The van der Waals surface area contributed by atoms with Crippen LogP contribution in [0.15, 0.2) is 48.5 Å². The Morgan fingerprint density at radius 1 is 1.06 bits per heavy atom. The van der Waals surface area contributed by atoms with Gasteiger partial charge in [-0.05, 0) is 62.6 Å². The summed E-state index contributed by atoms with van der Waals surface area (Å²) in [6, 6.07) is 14.6. The maximum atomic E-state index is 13.3. The predicted octanol–water partition coefficient (Wildman–Crippen LogP) is 5.30. The van der Waals surface area contributed by atoms with Crippen LogP contribution < -0.4 is 10.1 Å². The summed E-state index contributed by atoms with van der Waals surface area (Å²) in [5.74, 6) is 1.55. The van der Waals surface area contributed by atoms with Crippen molar-refractivity contribution in [3.63, 3.8) is 0 Å². The number of halogens is 1. The zero-order valence-corrected chi connectivity index (χ0v) is 21.1. The van der Waals surface area contributed by atoms with E-state index in [1.165, 1.54) is 11.8 Å². The number of ether oxygens (including phenoxy) is 1. The summed E-state index contributed by atoms with van der Waals surface area (Å²) in [7, 11) is 1.62. The normalized spacial score (nSPS) is 12.2. The van der Waals surface area contributed by atoms with Crippen LogP contribution in [0, 0.1) is 0 Å². The molecular weight excluding hydrogens is 444 g/mol. The molecule has 0 saturated heterocycles. The molecule has 174 valence electrons. The predicted molar refractivity (Wildman–Crippen MR) is 133 cm³/mol. The molecule has 2 aromatic rings. The average molecular weight is 477 g/mol. The van der Waals surface area contributed by atoms with Crippen molar-refractivity contribution >= 4 is 35.2 Å². The summed E-state index contributed by atoms with van der Waals surface area (Å²) in [4.78, 5) is 28.0. The molecule has 0 aliphatic heterocycles. The smallest absolute Gasteiger partial charge is 0.243 e. The number of carbonyl (C=O) groups is 2. The minimum atomic E-state index is -0.542. The molecule has 5 nitrogen and oxygen atoms in total. The first kappa shape index (κ1) is 26.1. The third kappa shape index (κ3) is 8.40. The molecule has 0 bridgehead atoms. The first-order chi connectivity index (χ1) is 15.1. The van der Waals surface area contributed by atoms with Crippen LogP contribution in [-0.4, -0.2) is 41.2 Å². The summed E-state index contributed by atoms with van der Waals surface area (Å²) < 4.78 is 5.23. The van der Waals surface area contributed by atoms with Gasteiger partial charge in [-0.3, -0.25) is 9.59 Å². The zero-order chi connectivity index (χ0) is 23.7. The third-order valence-corrected chi connectivity index (χ3v) is 6.04. The minimum absolute atomic E-state index is 0.0595. The van der Waals surface area contributed by atoms with Crippen molar-refractivity contribution in [2.75, 3.05) is 12.9 Å². The van der Waals surface area contributed by atoms with Gasteiger partial charge in [-0.1, -0.05) is 42.8 Å². The van der Waals surface area contributed by atoms with Crippen LogP contribution in [0.25, 0.3) is 0 Å². The molecule has 0 radical (unpaired) electrons. The monoisotopic (exact) mass is 476 g/mol. The number of rotatable bonds is 10. The van der Waals surface area contributed by atoms with E-state index in [0.29, 0.717) is 23.7 Å². The lowest BCUT2D eigenvalue weighted by Gasteiger charge is -2.33. The number of benzene rings is 2. The number of thioether (sulfide) groups is 1. The van der Waals surface area contributed by atoms with E-state index in [9.17, 15) is 9.59 Å². The molecule has 1 N–H and O–H groups in total. The Hall–Kier alpha value is -2.18. The lowest BCUT2D eigenvalue weighted by atomic mass is 10.1. The topological polar surface area (TPSA) is 58.6 Å². The van der Waals surface area contributed by atoms with Crippen LogP contribution >= 0.6 is 23.4 Å². The zero-order valence-electron chi connectivity index (χ0n) is 19.5. The molecule has 32 heavy (non-hydrogen) atoms. The van der Waals surface area contributed by atoms with Gasteiger partial charge in [0.1, 0.15) is 11.8 Å². The number of hydrogen-bond donors (Lipinski definition) is 1. The van der Waals surface area contributed by atoms with Crippen LogP contribution in [0.1, 0.15) is 45.2 Å². The van der Waals surface area contributed by atoms with Crippen LogP contribution in [-0.2, 0) is 21.9 Å². The minimum Gasteiger partial charge on any atom is -0.497 e. The Bertz CT molecular complexity index is 880. The highest BCUT2D eigenvalue weighted by Crippen LogP contribution is 2.20. The fourth-order valence-electron chi connectivity index (χ4n) is 3.22. The van der Waals surface area contributed by atoms with Crippen molar-refractivity contribution in [2.24, 2.45) is 0 Å². The molecule has 7 heteroatoms. The van der Waals surface area contributed by atoms with Crippen molar-refractivity contribution < 1.29 is 14.3 Å². The van der Waals surface area contributed by atoms with Crippen molar-refractivity contribution in [3.05, 3.63) is 64.7 Å². The highest BCUT2D eigenvalue weighted by molar-refractivity contribution is 7.99. The summed E-state index contributed by atoms with van der Waals surface area (Å²) in [5, 5.41) is 3.72. The average Bonchev–Trinajstić information content (AvgIpc) is 2.74. The Kier molecular flexibility index (Phi) is 9.91. The van der Waals surface area contributed by atoms with Gasteiger partial charge in [0.05, 0.1) is 12.9 Å². The molecule has 0 aliphatic rings. The second kappa shape index (κ2) is 12.2. The Balaban J connectivity index is 2.15. The van der Waals surface area contributed by atoms with E-state index in [0.717, 1.165) is 16.9 Å². The standard InChI is InChI=1S/C25H33ClN2O3S/c1-6-22(24(30)27-25(2,3)4)28(15-18-9-13-21(31-5)14-10-18)23(29)17-32-16-19-7-11-20(26)12-8-19/h7-14,22H,6,15-17H2,1-5H3,(H,27,30)/t22-/m1/s1. The van der Waals surface area contributed by atoms with E-state index in [1.54, 1.807) is 12.0 Å². The molecule has 1 atom stereocenters. The lowest BCUT2D eigenvalue weighted by molar-refractivity contribution is -0.140. The van der Waals surface area contributed by atoms with Gasteiger partial charge in [-0.25, -0.2) is 0 Å². The number of nitrogens with one attached hydrogen (secondary N) is 1. The number of nitrogens with zero attached hydrogens (tertiary/aromatic N) is 1. The fourth-order valence-corrected chi connectivity index (χ4v) is 4.22. The van der Waals surface area contributed by atoms with Gasteiger partial charge < -0.3 is 15.0 Å². The largest absolute Gasteiger partial charge is 0.497 e. The first-order valence-corrected chi connectivity index (χ1v) is 12.2. The lowest BCUT2D eigenvalue weighted by Crippen LogP contribution is -2.53. The Morgan fingerprint density at radius 3 is 2.19 bits per heavy atom. The van der Waals surface area contributed by atoms with Gasteiger partial charge in [0.25, 0.3) is 0 Å². The third-order valence-electron chi connectivity index (χ3n) is 4.80. The van der Waals surface area contributed by atoms with Gasteiger partial charge in [-0.2, -0.15) is 0 Å². The molecule has 0 saturated carbocycles. The maximum Gasteiger partial charge on any atom is 0.243 e. The van der Waals surface area contributed by atoms with Crippen LogP contribution in [0.4, 0.5) is 0 Å². The molecule has 0 aromatic heterocycles. The molecule has 0 spiro atoms. The number of carbonyl (C=O) groups excluding carboxylic acids is 2. The highest BCUT2D eigenvalue weighted by atomic mass is 35.5. The molecular formula is C25H33ClN2O3S. The van der Waals surface area contributed by atoms with Gasteiger partial charge in [-0.15, -0.1) is 11.8 Å². The molecule has 0 unspecified atom stereocenters. The van der Waals surface area contributed by atoms with E-state index in [-0.39, 0.29) is 23.1 Å².